The van der Waals surface area contributed by atoms with Crippen LogP contribution >= 0.6 is 11.8 Å². The van der Waals surface area contributed by atoms with Gasteiger partial charge in [-0.1, -0.05) is 0 Å². The third-order valence-electron chi connectivity index (χ3n) is 3.91. The molecule has 0 atom stereocenters. The number of hydrogen-bond acceptors (Lipinski definition) is 5. The number of nitrogens with zero attached hydrogens (tertiary/aromatic N) is 2. The summed E-state index contributed by atoms with van der Waals surface area (Å²) in [7, 11) is 0. The van der Waals surface area contributed by atoms with Crippen molar-refractivity contribution in [3.63, 3.8) is 0 Å². The van der Waals surface area contributed by atoms with E-state index in [0.717, 1.165) is 17.9 Å². The Balaban J connectivity index is 1.84. The van der Waals surface area contributed by atoms with Crippen molar-refractivity contribution < 1.29 is 14.3 Å². The fraction of sp³-hybridized carbons (Fsp3) is 0.562. The summed E-state index contributed by atoms with van der Waals surface area (Å²) in [6.07, 6.45) is 5.02. The maximum Gasteiger partial charge on any atom is 0.407 e. The molecule has 1 aromatic rings. The summed E-state index contributed by atoms with van der Waals surface area (Å²) in [5.41, 5.74) is 0.670. The second kappa shape index (κ2) is 8.76. The number of amides is 2. The summed E-state index contributed by atoms with van der Waals surface area (Å²) < 4.78 is 4.85. The lowest BCUT2D eigenvalue weighted by Crippen LogP contribution is -2.41. The Morgan fingerprint density at radius 3 is 2.83 bits per heavy atom. The van der Waals surface area contributed by atoms with E-state index in [9.17, 15) is 9.59 Å². The summed E-state index contributed by atoms with van der Waals surface area (Å²) in [5, 5.41) is 3.54. The molecule has 1 fully saturated rings. The molecule has 1 aliphatic rings. The molecule has 1 aromatic heterocycles. The molecule has 1 saturated heterocycles. The molecule has 6 nitrogen and oxygen atoms in total. The number of likely N-dealkylation sites (tertiary alicyclic amines) is 1. The molecule has 1 aliphatic heterocycles. The highest BCUT2D eigenvalue weighted by molar-refractivity contribution is 7.98. The number of nitrogens with one attached hydrogen (secondary N) is 1. The second-order valence-electron chi connectivity index (χ2n) is 5.40. The van der Waals surface area contributed by atoms with E-state index in [4.69, 9.17) is 4.74 Å². The van der Waals surface area contributed by atoms with Crippen LogP contribution in [0.15, 0.2) is 23.4 Å². The van der Waals surface area contributed by atoms with Crippen LogP contribution in [0.2, 0.25) is 0 Å². The number of pyridine rings is 1. The lowest BCUT2D eigenvalue weighted by Gasteiger charge is -2.32. The highest BCUT2D eigenvalue weighted by Crippen LogP contribution is 2.22. The first-order valence-electron chi connectivity index (χ1n) is 7.84. The highest BCUT2D eigenvalue weighted by atomic mass is 32.2. The number of carbonyl (C=O) groups is 2. The summed E-state index contributed by atoms with van der Waals surface area (Å²) >= 11 is 1.48. The SMILES string of the molecule is CCOC(=O)NCC1CCN(C(=O)c2cccnc2SC)CC1. The van der Waals surface area contributed by atoms with Crippen molar-refractivity contribution in [2.45, 2.75) is 24.8 Å². The predicted octanol–water partition coefficient (Wildman–Crippen LogP) is 2.40. The maximum absolute atomic E-state index is 12.6. The molecule has 0 aromatic carbocycles. The molecule has 23 heavy (non-hydrogen) atoms. The molecule has 2 rings (SSSR count). The molecule has 1 N–H and O–H groups in total. The molecular formula is C16H23N3O3S. The van der Waals surface area contributed by atoms with Crippen molar-refractivity contribution in [1.29, 1.82) is 0 Å². The van der Waals surface area contributed by atoms with Crippen molar-refractivity contribution >= 4 is 23.8 Å². The molecule has 126 valence electrons. The Bertz CT molecular complexity index is 545. The minimum absolute atomic E-state index is 0.0410. The molecule has 0 radical (unpaired) electrons. The lowest BCUT2D eigenvalue weighted by atomic mass is 9.96. The Morgan fingerprint density at radius 1 is 1.43 bits per heavy atom. The van der Waals surface area contributed by atoms with E-state index in [-0.39, 0.29) is 12.0 Å². The standard InChI is InChI=1S/C16H23N3O3S/c1-3-22-16(21)18-11-12-6-9-19(10-7-12)15(20)13-5-4-8-17-14(13)23-2/h4-5,8,12H,3,6-7,9-11H2,1-2H3,(H,18,21). The van der Waals surface area contributed by atoms with Gasteiger partial charge in [0, 0.05) is 25.8 Å². The van der Waals surface area contributed by atoms with E-state index in [1.807, 2.05) is 17.2 Å². The van der Waals surface area contributed by atoms with Crippen LogP contribution in [0.4, 0.5) is 4.79 Å². The summed E-state index contributed by atoms with van der Waals surface area (Å²) in [5.74, 6) is 0.427. The van der Waals surface area contributed by atoms with Crippen molar-refractivity contribution in [2.75, 3.05) is 32.5 Å². The third kappa shape index (κ3) is 4.86. The van der Waals surface area contributed by atoms with Gasteiger partial charge in [-0.2, -0.15) is 0 Å². The highest BCUT2D eigenvalue weighted by Gasteiger charge is 2.25. The normalized spacial score (nSPS) is 15.3. The van der Waals surface area contributed by atoms with Crippen molar-refractivity contribution in [2.24, 2.45) is 5.92 Å². The number of hydrogen-bond donors (Lipinski definition) is 1. The number of aromatic nitrogens is 1. The van der Waals surface area contributed by atoms with Gasteiger partial charge in [0.15, 0.2) is 0 Å². The van der Waals surface area contributed by atoms with Gasteiger partial charge in [-0.15, -0.1) is 11.8 Å². The Hall–Kier alpha value is -1.76. The lowest BCUT2D eigenvalue weighted by molar-refractivity contribution is 0.0683. The Labute approximate surface area is 141 Å². The van der Waals surface area contributed by atoms with Gasteiger partial charge in [0.1, 0.15) is 5.03 Å². The zero-order chi connectivity index (χ0) is 16.7. The van der Waals surface area contributed by atoms with Crippen LogP contribution in [0.25, 0.3) is 0 Å². The van der Waals surface area contributed by atoms with Crippen LogP contribution in [0.3, 0.4) is 0 Å². The van der Waals surface area contributed by atoms with E-state index in [0.29, 0.717) is 37.7 Å². The Morgan fingerprint density at radius 2 is 2.17 bits per heavy atom. The first kappa shape index (κ1) is 17.6. The fourth-order valence-corrected chi connectivity index (χ4v) is 3.18. The van der Waals surface area contributed by atoms with Gasteiger partial charge in [-0.05, 0) is 44.1 Å². The summed E-state index contributed by atoms with van der Waals surface area (Å²) in [6.45, 7) is 4.17. The van der Waals surface area contributed by atoms with Gasteiger partial charge in [-0.25, -0.2) is 9.78 Å². The summed E-state index contributed by atoms with van der Waals surface area (Å²) in [6, 6.07) is 3.62. The minimum atomic E-state index is -0.369. The average Bonchev–Trinajstić information content (AvgIpc) is 2.60. The second-order valence-corrected chi connectivity index (χ2v) is 6.19. The van der Waals surface area contributed by atoms with Gasteiger partial charge in [-0.3, -0.25) is 4.79 Å². The topological polar surface area (TPSA) is 71.5 Å². The zero-order valence-electron chi connectivity index (χ0n) is 13.6. The molecule has 0 unspecified atom stereocenters. The van der Waals surface area contributed by atoms with Crippen LogP contribution in [0, 0.1) is 5.92 Å². The average molecular weight is 337 g/mol. The number of alkyl carbamates (subject to hydrolysis) is 1. The molecule has 0 saturated carbocycles. The van der Waals surface area contributed by atoms with Crippen molar-refractivity contribution in [1.82, 2.24) is 15.2 Å². The van der Waals surface area contributed by atoms with Crippen LogP contribution in [-0.2, 0) is 4.74 Å². The maximum atomic E-state index is 12.6. The fourth-order valence-electron chi connectivity index (χ4n) is 2.64. The quantitative estimate of drug-likeness (QED) is 0.836. The molecule has 0 aliphatic carbocycles. The molecule has 2 heterocycles. The monoisotopic (exact) mass is 337 g/mol. The third-order valence-corrected chi connectivity index (χ3v) is 4.62. The smallest absolute Gasteiger partial charge is 0.407 e. The van der Waals surface area contributed by atoms with Crippen LogP contribution in [0.5, 0.6) is 0 Å². The van der Waals surface area contributed by atoms with Crippen LogP contribution in [-0.4, -0.2) is 54.4 Å². The Kier molecular flexibility index (Phi) is 6.70. The van der Waals surface area contributed by atoms with Gasteiger partial charge < -0.3 is 15.0 Å². The predicted molar refractivity (Wildman–Crippen MR) is 89.7 cm³/mol. The molecule has 0 bridgehead atoms. The number of piperidine rings is 1. The number of thioether (sulfide) groups is 1. The number of ether oxygens (including phenoxy) is 1. The van der Waals surface area contributed by atoms with Crippen molar-refractivity contribution in [3.8, 4) is 0 Å². The van der Waals surface area contributed by atoms with E-state index < -0.39 is 0 Å². The van der Waals surface area contributed by atoms with Crippen LogP contribution < -0.4 is 5.32 Å². The van der Waals surface area contributed by atoms with Gasteiger partial charge in [0.25, 0.3) is 5.91 Å². The largest absolute Gasteiger partial charge is 0.450 e. The van der Waals surface area contributed by atoms with E-state index in [1.165, 1.54) is 11.8 Å². The molecular weight excluding hydrogens is 314 g/mol. The number of rotatable bonds is 5. The molecule has 2 amide bonds. The first-order valence-corrected chi connectivity index (χ1v) is 9.07. The summed E-state index contributed by atoms with van der Waals surface area (Å²) in [4.78, 5) is 30.0. The van der Waals surface area contributed by atoms with E-state index in [2.05, 4.69) is 10.3 Å². The van der Waals surface area contributed by atoms with Gasteiger partial charge in [0.2, 0.25) is 0 Å². The minimum Gasteiger partial charge on any atom is -0.450 e. The molecule has 0 spiro atoms. The first-order chi connectivity index (χ1) is 11.2. The van der Waals surface area contributed by atoms with Gasteiger partial charge >= 0.3 is 6.09 Å². The zero-order valence-corrected chi connectivity index (χ0v) is 14.4. The van der Waals surface area contributed by atoms with E-state index >= 15 is 0 Å². The van der Waals surface area contributed by atoms with Crippen LogP contribution in [0.1, 0.15) is 30.1 Å². The molecule has 7 heteroatoms. The van der Waals surface area contributed by atoms with Gasteiger partial charge in [0.05, 0.1) is 12.2 Å². The number of carbonyl (C=O) groups excluding carboxylic acids is 2. The van der Waals surface area contributed by atoms with E-state index in [1.54, 1.807) is 19.2 Å². The van der Waals surface area contributed by atoms with Crippen molar-refractivity contribution in [3.05, 3.63) is 23.9 Å².